The summed E-state index contributed by atoms with van der Waals surface area (Å²) < 4.78 is 28.2. The third kappa shape index (κ3) is 2.97. The third-order valence-corrected chi connectivity index (χ3v) is 5.94. The maximum Gasteiger partial charge on any atom is 0.303 e. The van der Waals surface area contributed by atoms with Crippen LogP contribution in [0, 0.1) is 12.8 Å². The van der Waals surface area contributed by atoms with Crippen LogP contribution in [-0.2, 0) is 10.2 Å². The van der Waals surface area contributed by atoms with Gasteiger partial charge in [-0.25, -0.2) is 0 Å². The smallest absolute Gasteiger partial charge is 0.303 e. The van der Waals surface area contributed by atoms with E-state index in [1.807, 2.05) is 31.2 Å². The monoisotopic (exact) mass is 297 g/mol. The Morgan fingerprint density at radius 3 is 2.45 bits per heavy atom. The summed E-state index contributed by atoms with van der Waals surface area (Å²) in [6.07, 6.45) is 1.69. The SMILES string of the molecule is Cc1ccccc1N(C)S(=O)(=O)N1CCC(CN)CC1. The zero-order valence-electron chi connectivity index (χ0n) is 12.1. The molecule has 0 aromatic heterocycles. The van der Waals surface area contributed by atoms with Gasteiger partial charge in [0, 0.05) is 20.1 Å². The molecule has 0 aliphatic carbocycles. The van der Waals surface area contributed by atoms with Crippen molar-refractivity contribution >= 4 is 15.9 Å². The van der Waals surface area contributed by atoms with Crippen molar-refractivity contribution in [2.75, 3.05) is 31.0 Å². The highest BCUT2D eigenvalue weighted by Crippen LogP contribution is 2.25. The largest absolute Gasteiger partial charge is 0.330 e. The summed E-state index contributed by atoms with van der Waals surface area (Å²) in [5.74, 6) is 0.449. The molecule has 2 rings (SSSR count). The van der Waals surface area contributed by atoms with Gasteiger partial charge < -0.3 is 5.73 Å². The topological polar surface area (TPSA) is 66.6 Å². The van der Waals surface area contributed by atoms with Crippen LogP contribution in [-0.4, -0.2) is 39.4 Å². The average Bonchev–Trinajstić information content (AvgIpc) is 2.47. The summed E-state index contributed by atoms with van der Waals surface area (Å²) in [6, 6.07) is 7.52. The van der Waals surface area contributed by atoms with E-state index in [1.165, 1.54) is 4.31 Å². The standard InChI is InChI=1S/C14H23N3O2S/c1-12-5-3-4-6-14(12)16(2)20(18,19)17-9-7-13(11-15)8-10-17/h3-6,13H,7-11,15H2,1-2H3. The van der Waals surface area contributed by atoms with Gasteiger partial charge in [0.15, 0.2) is 0 Å². The molecule has 6 heteroatoms. The minimum Gasteiger partial charge on any atom is -0.330 e. The predicted molar refractivity (Wildman–Crippen MR) is 81.9 cm³/mol. The molecule has 1 aliphatic rings. The van der Waals surface area contributed by atoms with Crippen LogP contribution in [0.25, 0.3) is 0 Å². The van der Waals surface area contributed by atoms with E-state index in [4.69, 9.17) is 5.73 Å². The first-order valence-corrected chi connectivity index (χ1v) is 8.36. The molecule has 5 nitrogen and oxygen atoms in total. The van der Waals surface area contributed by atoms with Crippen LogP contribution in [0.1, 0.15) is 18.4 Å². The van der Waals surface area contributed by atoms with Gasteiger partial charge in [-0.1, -0.05) is 18.2 Å². The van der Waals surface area contributed by atoms with Crippen LogP contribution in [0.5, 0.6) is 0 Å². The van der Waals surface area contributed by atoms with E-state index in [0.29, 0.717) is 25.6 Å². The zero-order valence-corrected chi connectivity index (χ0v) is 12.9. The Bertz CT molecular complexity index is 551. The molecule has 1 aliphatic heterocycles. The van der Waals surface area contributed by atoms with Crippen LogP contribution in [0.4, 0.5) is 5.69 Å². The summed E-state index contributed by atoms with van der Waals surface area (Å²) in [5, 5.41) is 0. The quantitative estimate of drug-likeness (QED) is 0.912. The molecule has 1 fully saturated rings. The second kappa shape index (κ2) is 6.11. The van der Waals surface area contributed by atoms with Crippen molar-refractivity contribution in [3.63, 3.8) is 0 Å². The Hall–Kier alpha value is -1.11. The summed E-state index contributed by atoms with van der Waals surface area (Å²) in [4.78, 5) is 0. The summed E-state index contributed by atoms with van der Waals surface area (Å²) in [6.45, 7) is 3.67. The molecule has 0 bridgehead atoms. The van der Waals surface area contributed by atoms with Crippen LogP contribution in [0.2, 0.25) is 0 Å². The molecule has 1 saturated heterocycles. The number of hydrogen-bond donors (Lipinski definition) is 1. The minimum absolute atomic E-state index is 0.449. The first-order valence-electron chi connectivity index (χ1n) is 6.96. The van der Waals surface area contributed by atoms with Crippen molar-refractivity contribution < 1.29 is 8.42 Å². The molecule has 0 unspecified atom stereocenters. The second-order valence-electron chi connectivity index (χ2n) is 5.34. The van der Waals surface area contributed by atoms with Crippen molar-refractivity contribution in [2.24, 2.45) is 11.7 Å². The van der Waals surface area contributed by atoms with Gasteiger partial charge in [0.25, 0.3) is 0 Å². The van der Waals surface area contributed by atoms with Crippen LogP contribution in [0.15, 0.2) is 24.3 Å². The molecule has 0 amide bonds. The fourth-order valence-electron chi connectivity index (χ4n) is 2.59. The summed E-state index contributed by atoms with van der Waals surface area (Å²) in [7, 11) is -1.83. The summed E-state index contributed by atoms with van der Waals surface area (Å²) >= 11 is 0. The second-order valence-corrected chi connectivity index (χ2v) is 7.30. The maximum absolute atomic E-state index is 12.7. The Balaban J connectivity index is 2.17. The number of anilines is 1. The number of para-hydroxylation sites is 1. The first kappa shape index (κ1) is 15.3. The van der Waals surface area contributed by atoms with Crippen molar-refractivity contribution in [2.45, 2.75) is 19.8 Å². The van der Waals surface area contributed by atoms with E-state index in [-0.39, 0.29) is 0 Å². The highest BCUT2D eigenvalue weighted by atomic mass is 32.2. The molecule has 1 aromatic rings. The van der Waals surface area contributed by atoms with Gasteiger partial charge >= 0.3 is 10.2 Å². The Morgan fingerprint density at radius 1 is 1.30 bits per heavy atom. The fourth-order valence-corrected chi connectivity index (χ4v) is 4.06. The Labute approximate surface area is 121 Å². The number of nitrogens with zero attached hydrogens (tertiary/aromatic N) is 2. The molecule has 1 heterocycles. The van der Waals surface area contributed by atoms with Gasteiger partial charge in [-0.15, -0.1) is 0 Å². The number of hydrogen-bond acceptors (Lipinski definition) is 3. The van der Waals surface area contributed by atoms with Gasteiger partial charge in [0.1, 0.15) is 0 Å². The van der Waals surface area contributed by atoms with Crippen molar-refractivity contribution in [1.29, 1.82) is 0 Å². The van der Waals surface area contributed by atoms with E-state index < -0.39 is 10.2 Å². The number of benzene rings is 1. The molecular weight excluding hydrogens is 274 g/mol. The molecule has 0 saturated carbocycles. The van der Waals surface area contributed by atoms with E-state index in [1.54, 1.807) is 11.4 Å². The molecular formula is C14H23N3O2S. The highest BCUT2D eigenvalue weighted by Gasteiger charge is 2.31. The third-order valence-electron chi connectivity index (χ3n) is 4.03. The van der Waals surface area contributed by atoms with Crippen LogP contribution in [0.3, 0.4) is 0 Å². The fraction of sp³-hybridized carbons (Fsp3) is 0.571. The molecule has 0 spiro atoms. The van der Waals surface area contributed by atoms with Gasteiger partial charge in [0.2, 0.25) is 0 Å². The van der Waals surface area contributed by atoms with Crippen molar-refractivity contribution in [3.05, 3.63) is 29.8 Å². The molecule has 1 aromatic carbocycles. The predicted octanol–water partition coefficient (Wildman–Crippen LogP) is 1.35. The van der Waals surface area contributed by atoms with Gasteiger partial charge in [0.05, 0.1) is 5.69 Å². The molecule has 2 N–H and O–H groups in total. The average molecular weight is 297 g/mol. The number of nitrogens with two attached hydrogens (primary N) is 1. The normalized spacial score (nSPS) is 18.1. The van der Waals surface area contributed by atoms with E-state index >= 15 is 0 Å². The zero-order chi connectivity index (χ0) is 14.8. The minimum atomic E-state index is -3.44. The molecule has 0 atom stereocenters. The number of aryl methyl sites for hydroxylation is 1. The first-order chi connectivity index (χ1) is 9.46. The molecule has 20 heavy (non-hydrogen) atoms. The highest BCUT2D eigenvalue weighted by molar-refractivity contribution is 7.90. The lowest BCUT2D eigenvalue weighted by atomic mass is 9.99. The number of piperidine rings is 1. The Morgan fingerprint density at radius 2 is 1.90 bits per heavy atom. The lowest BCUT2D eigenvalue weighted by molar-refractivity contribution is 0.278. The number of rotatable bonds is 4. The van der Waals surface area contributed by atoms with Crippen molar-refractivity contribution in [1.82, 2.24) is 4.31 Å². The molecule has 0 radical (unpaired) electrons. The van der Waals surface area contributed by atoms with E-state index in [2.05, 4.69) is 0 Å². The van der Waals surface area contributed by atoms with Gasteiger partial charge in [-0.3, -0.25) is 4.31 Å². The molecule has 112 valence electrons. The van der Waals surface area contributed by atoms with Crippen LogP contribution < -0.4 is 10.0 Å². The lowest BCUT2D eigenvalue weighted by Gasteiger charge is -2.34. The summed E-state index contributed by atoms with van der Waals surface area (Å²) in [5.41, 5.74) is 7.33. The van der Waals surface area contributed by atoms with E-state index in [9.17, 15) is 8.42 Å². The van der Waals surface area contributed by atoms with E-state index in [0.717, 1.165) is 24.1 Å². The Kier molecular flexibility index (Phi) is 4.67. The van der Waals surface area contributed by atoms with Crippen molar-refractivity contribution in [3.8, 4) is 0 Å². The van der Waals surface area contributed by atoms with Gasteiger partial charge in [-0.2, -0.15) is 12.7 Å². The maximum atomic E-state index is 12.7. The lowest BCUT2D eigenvalue weighted by Crippen LogP contribution is -2.46. The van der Waals surface area contributed by atoms with Gasteiger partial charge in [-0.05, 0) is 43.9 Å². The van der Waals surface area contributed by atoms with Crippen LogP contribution >= 0.6 is 0 Å².